The number of nitrogens with one attached hydrogen (secondary N) is 1. The number of carbonyl (C=O) groups excluding carboxylic acids is 2. The molecule has 7 heteroatoms. The number of amides is 1. The summed E-state index contributed by atoms with van der Waals surface area (Å²) in [6.45, 7) is 3.48. The first-order valence-corrected chi connectivity index (χ1v) is 9.41. The van der Waals surface area contributed by atoms with E-state index in [9.17, 15) is 14.0 Å². The lowest BCUT2D eigenvalue weighted by atomic mass is 10.2. The monoisotopic (exact) mass is 410 g/mol. The number of nitrogens with zero attached hydrogens (tertiary/aromatic N) is 1. The number of aryl methyl sites for hydroxylation is 1. The van der Waals surface area contributed by atoms with Gasteiger partial charge in [0.25, 0.3) is 5.91 Å². The van der Waals surface area contributed by atoms with E-state index in [1.807, 2.05) is 29.7 Å². The normalized spacial score (nSPS) is 10.5. The lowest BCUT2D eigenvalue weighted by Crippen LogP contribution is -2.28. The van der Waals surface area contributed by atoms with Crippen LogP contribution in [0.5, 0.6) is 5.75 Å². The fraction of sp³-hybridized carbons (Fsp3) is 0.217. The maximum absolute atomic E-state index is 13.2. The quantitative estimate of drug-likeness (QED) is 0.603. The van der Waals surface area contributed by atoms with E-state index in [4.69, 9.17) is 9.47 Å². The number of esters is 1. The Morgan fingerprint density at radius 3 is 2.47 bits per heavy atom. The van der Waals surface area contributed by atoms with Crippen LogP contribution in [0.25, 0.3) is 5.69 Å². The molecule has 1 heterocycles. The second-order valence-corrected chi connectivity index (χ2v) is 6.76. The van der Waals surface area contributed by atoms with Gasteiger partial charge in [0.05, 0.1) is 12.7 Å². The molecule has 0 saturated heterocycles. The van der Waals surface area contributed by atoms with Crippen LogP contribution in [0, 0.1) is 19.7 Å². The van der Waals surface area contributed by atoms with Crippen LogP contribution >= 0.6 is 0 Å². The number of hydrogen-bond donors (Lipinski definition) is 1. The minimum Gasteiger partial charge on any atom is -0.496 e. The zero-order chi connectivity index (χ0) is 21.7. The molecular weight excluding hydrogens is 387 g/mol. The molecule has 0 bridgehead atoms. The summed E-state index contributed by atoms with van der Waals surface area (Å²) in [5.41, 5.74) is 3.36. The van der Waals surface area contributed by atoms with Gasteiger partial charge in [0.2, 0.25) is 0 Å². The van der Waals surface area contributed by atoms with Crippen LogP contribution in [-0.4, -0.2) is 30.2 Å². The molecule has 0 spiro atoms. The maximum atomic E-state index is 13.2. The van der Waals surface area contributed by atoms with Crippen molar-refractivity contribution in [2.45, 2.75) is 20.4 Å². The van der Waals surface area contributed by atoms with Gasteiger partial charge in [-0.05, 0) is 50.2 Å². The van der Waals surface area contributed by atoms with Crippen molar-refractivity contribution in [1.82, 2.24) is 9.88 Å². The summed E-state index contributed by atoms with van der Waals surface area (Å²) in [5.74, 6) is -0.673. The van der Waals surface area contributed by atoms with Crippen LogP contribution in [-0.2, 0) is 16.1 Å². The molecule has 156 valence electrons. The van der Waals surface area contributed by atoms with Crippen LogP contribution in [0.3, 0.4) is 0 Å². The average molecular weight is 410 g/mol. The molecule has 0 aliphatic rings. The van der Waals surface area contributed by atoms with Gasteiger partial charge in [-0.25, -0.2) is 9.18 Å². The fourth-order valence-electron chi connectivity index (χ4n) is 3.26. The minimum absolute atomic E-state index is 0.263. The molecule has 1 N–H and O–H groups in total. The third kappa shape index (κ3) is 4.68. The molecule has 2 aromatic carbocycles. The van der Waals surface area contributed by atoms with Crippen molar-refractivity contribution in [3.05, 3.63) is 82.9 Å². The summed E-state index contributed by atoms with van der Waals surface area (Å²) < 4.78 is 25.5. The Morgan fingerprint density at radius 2 is 1.77 bits per heavy atom. The van der Waals surface area contributed by atoms with E-state index in [0.29, 0.717) is 17.0 Å². The smallest absolute Gasteiger partial charge is 0.340 e. The molecule has 0 aliphatic heterocycles. The summed E-state index contributed by atoms with van der Waals surface area (Å²) in [6.07, 6.45) is 0. The predicted molar refractivity (Wildman–Crippen MR) is 110 cm³/mol. The van der Waals surface area contributed by atoms with Crippen molar-refractivity contribution in [2.24, 2.45) is 0 Å². The van der Waals surface area contributed by atoms with Crippen molar-refractivity contribution in [1.29, 1.82) is 0 Å². The molecule has 3 aromatic rings. The summed E-state index contributed by atoms with van der Waals surface area (Å²) >= 11 is 0. The number of aromatic nitrogens is 1. The summed E-state index contributed by atoms with van der Waals surface area (Å²) in [5, 5.41) is 2.71. The second kappa shape index (κ2) is 9.26. The Labute approximate surface area is 174 Å². The van der Waals surface area contributed by atoms with E-state index in [2.05, 4.69) is 5.32 Å². The Hall–Kier alpha value is -3.61. The largest absolute Gasteiger partial charge is 0.496 e. The summed E-state index contributed by atoms with van der Waals surface area (Å²) in [4.78, 5) is 24.6. The first-order valence-electron chi connectivity index (χ1n) is 9.41. The zero-order valence-electron chi connectivity index (χ0n) is 17.1. The van der Waals surface area contributed by atoms with Gasteiger partial charge in [-0.3, -0.25) is 4.79 Å². The number of halogens is 1. The summed E-state index contributed by atoms with van der Waals surface area (Å²) in [7, 11) is 1.56. The van der Waals surface area contributed by atoms with Gasteiger partial charge in [-0.15, -0.1) is 0 Å². The standard InChI is InChI=1S/C23H23FN2O4/c1-15-12-20(16(2)26(15)19-10-8-18(24)9-11-19)23(28)30-14-22(27)25-13-17-6-4-5-7-21(17)29-3/h4-12H,13-14H2,1-3H3,(H,25,27). The minimum atomic E-state index is -0.594. The summed E-state index contributed by atoms with van der Waals surface area (Å²) in [6, 6.07) is 15.0. The number of rotatable bonds is 7. The molecule has 0 aliphatic carbocycles. The van der Waals surface area contributed by atoms with Crippen LogP contribution in [0.4, 0.5) is 4.39 Å². The third-order valence-electron chi connectivity index (χ3n) is 4.74. The fourth-order valence-corrected chi connectivity index (χ4v) is 3.26. The molecule has 0 fully saturated rings. The maximum Gasteiger partial charge on any atom is 0.340 e. The predicted octanol–water partition coefficient (Wildman–Crippen LogP) is 3.72. The SMILES string of the molecule is COc1ccccc1CNC(=O)COC(=O)c1cc(C)n(-c2ccc(F)cc2)c1C. The average Bonchev–Trinajstić information content (AvgIpc) is 3.05. The van der Waals surface area contributed by atoms with Gasteiger partial charge >= 0.3 is 5.97 Å². The Kier molecular flexibility index (Phi) is 6.51. The number of carbonyl (C=O) groups is 2. The van der Waals surface area contributed by atoms with Gasteiger partial charge in [-0.1, -0.05) is 18.2 Å². The van der Waals surface area contributed by atoms with Gasteiger partial charge < -0.3 is 19.4 Å². The first-order chi connectivity index (χ1) is 14.4. The zero-order valence-corrected chi connectivity index (χ0v) is 17.1. The third-order valence-corrected chi connectivity index (χ3v) is 4.74. The number of benzene rings is 2. The molecule has 3 rings (SSSR count). The van der Waals surface area contributed by atoms with E-state index >= 15 is 0 Å². The lowest BCUT2D eigenvalue weighted by molar-refractivity contribution is -0.124. The van der Waals surface area contributed by atoms with E-state index in [0.717, 1.165) is 16.9 Å². The molecule has 0 atom stereocenters. The highest BCUT2D eigenvalue weighted by atomic mass is 19.1. The van der Waals surface area contributed by atoms with Gasteiger partial charge in [0.15, 0.2) is 6.61 Å². The van der Waals surface area contributed by atoms with Crippen LogP contribution in [0.1, 0.15) is 27.3 Å². The van der Waals surface area contributed by atoms with Gasteiger partial charge in [-0.2, -0.15) is 0 Å². The van der Waals surface area contributed by atoms with Crippen LogP contribution in [0.2, 0.25) is 0 Å². The lowest BCUT2D eigenvalue weighted by Gasteiger charge is -2.11. The molecule has 0 radical (unpaired) electrons. The van der Waals surface area contributed by atoms with E-state index in [1.54, 1.807) is 38.3 Å². The Morgan fingerprint density at radius 1 is 1.07 bits per heavy atom. The number of ether oxygens (including phenoxy) is 2. The molecule has 0 unspecified atom stereocenters. The highest BCUT2D eigenvalue weighted by Gasteiger charge is 2.19. The molecule has 6 nitrogen and oxygen atoms in total. The molecule has 0 saturated carbocycles. The molecule has 1 amide bonds. The Bertz CT molecular complexity index is 1060. The van der Waals surface area contributed by atoms with E-state index in [1.165, 1.54) is 12.1 Å². The van der Waals surface area contributed by atoms with Crippen LogP contribution < -0.4 is 10.1 Å². The first kappa shape index (κ1) is 21.1. The van der Waals surface area contributed by atoms with Crippen molar-refractivity contribution in [2.75, 3.05) is 13.7 Å². The van der Waals surface area contributed by atoms with Crippen molar-refractivity contribution in [3.8, 4) is 11.4 Å². The van der Waals surface area contributed by atoms with Crippen molar-refractivity contribution >= 4 is 11.9 Å². The Balaban J connectivity index is 1.62. The van der Waals surface area contributed by atoms with Crippen molar-refractivity contribution in [3.63, 3.8) is 0 Å². The van der Waals surface area contributed by atoms with Gasteiger partial charge in [0, 0.05) is 29.2 Å². The topological polar surface area (TPSA) is 69.6 Å². The highest BCUT2D eigenvalue weighted by Crippen LogP contribution is 2.22. The number of methoxy groups -OCH3 is 1. The molecular formula is C23H23FN2O4. The van der Waals surface area contributed by atoms with Crippen molar-refractivity contribution < 1.29 is 23.5 Å². The van der Waals surface area contributed by atoms with E-state index in [-0.39, 0.29) is 12.4 Å². The number of hydrogen-bond acceptors (Lipinski definition) is 4. The van der Waals surface area contributed by atoms with E-state index < -0.39 is 18.5 Å². The van der Waals surface area contributed by atoms with Crippen LogP contribution in [0.15, 0.2) is 54.6 Å². The number of para-hydroxylation sites is 1. The second-order valence-electron chi connectivity index (χ2n) is 6.76. The molecule has 30 heavy (non-hydrogen) atoms. The van der Waals surface area contributed by atoms with Gasteiger partial charge in [0.1, 0.15) is 11.6 Å². The highest BCUT2D eigenvalue weighted by molar-refractivity contribution is 5.93. The molecule has 1 aromatic heterocycles.